The lowest BCUT2D eigenvalue weighted by Crippen LogP contribution is -2.50. The number of rotatable bonds is 5. The highest BCUT2D eigenvalue weighted by Gasteiger charge is 2.45. The minimum Gasteiger partial charge on any atom is -0.381 e. The van der Waals surface area contributed by atoms with E-state index in [4.69, 9.17) is 4.74 Å². The average Bonchev–Trinajstić information content (AvgIpc) is 3.27. The van der Waals surface area contributed by atoms with Crippen LogP contribution in [0.1, 0.15) is 33.1 Å². The monoisotopic (exact) mass is 333 g/mol. The third-order valence-corrected chi connectivity index (χ3v) is 6.16. The largest absolute Gasteiger partial charge is 0.381 e. The number of likely N-dealkylation sites (tertiary alicyclic amines) is 2. The summed E-state index contributed by atoms with van der Waals surface area (Å²) in [6.45, 7) is 11.3. The van der Waals surface area contributed by atoms with Gasteiger partial charge in [0.25, 0.3) is 0 Å². The predicted molar refractivity (Wildman–Crippen MR) is 92.7 cm³/mol. The van der Waals surface area contributed by atoms with Crippen molar-refractivity contribution >= 4 is 0 Å². The van der Waals surface area contributed by atoms with Crippen molar-refractivity contribution in [3.05, 3.63) is 12.7 Å². The van der Waals surface area contributed by atoms with Gasteiger partial charge in [0.15, 0.2) is 0 Å². The molecule has 3 aliphatic rings. The molecule has 4 atom stereocenters. The van der Waals surface area contributed by atoms with Crippen LogP contribution in [0.15, 0.2) is 12.7 Å². The van der Waals surface area contributed by atoms with Crippen molar-refractivity contribution in [1.82, 2.24) is 24.6 Å². The molecule has 1 aromatic heterocycles. The fourth-order valence-corrected chi connectivity index (χ4v) is 5.24. The molecule has 3 fully saturated rings. The Bertz CT molecular complexity index is 513. The first-order valence-corrected chi connectivity index (χ1v) is 9.60. The Hall–Kier alpha value is -0.980. The first-order valence-electron chi connectivity index (χ1n) is 9.60. The van der Waals surface area contributed by atoms with Crippen LogP contribution in [0.25, 0.3) is 0 Å². The van der Waals surface area contributed by atoms with Crippen LogP contribution in [-0.2, 0) is 11.3 Å². The van der Waals surface area contributed by atoms with E-state index in [1.54, 1.807) is 6.33 Å². The van der Waals surface area contributed by atoms with Gasteiger partial charge in [-0.25, -0.2) is 4.98 Å². The molecule has 6 nitrogen and oxygen atoms in total. The zero-order valence-corrected chi connectivity index (χ0v) is 15.0. The third-order valence-electron chi connectivity index (χ3n) is 6.16. The summed E-state index contributed by atoms with van der Waals surface area (Å²) < 4.78 is 7.56. The molecule has 1 aromatic rings. The number of fused-ring (bicyclic) bond motifs is 1. The fourth-order valence-electron chi connectivity index (χ4n) is 5.24. The van der Waals surface area contributed by atoms with E-state index in [0.29, 0.717) is 12.1 Å². The highest BCUT2D eigenvalue weighted by atomic mass is 16.5. The second kappa shape index (κ2) is 7.10. The van der Waals surface area contributed by atoms with E-state index in [-0.39, 0.29) is 0 Å². The summed E-state index contributed by atoms with van der Waals surface area (Å²) >= 11 is 0. The Labute approximate surface area is 145 Å². The number of piperidine rings is 1. The SMILES string of the molecule is CC(C)N1[C@H](Cn2cncn2)C[C@@H]2CN(C[C@@H]3CCOC3)CC[C@@H]21. The molecule has 134 valence electrons. The van der Waals surface area contributed by atoms with Gasteiger partial charge in [-0.2, -0.15) is 5.10 Å². The van der Waals surface area contributed by atoms with Gasteiger partial charge in [-0.05, 0) is 51.5 Å². The lowest BCUT2D eigenvalue weighted by atomic mass is 9.91. The van der Waals surface area contributed by atoms with Gasteiger partial charge in [0, 0.05) is 37.8 Å². The van der Waals surface area contributed by atoms with E-state index in [2.05, 4.69) is 33.7 Å². The number of nitrogens with zero attached hydrogens (tertiary/aromatic N) is 5. The van der Waals surface area contributed by atoms with Gasteiger partial charge >= 0.3 is 0 Å². The van der Waals surface area contributed by atoms with Crippen LogP contribution in [0.3, 0.4) is 0 Å². The van der Waals surface area contributed by atoms with E-state index in [0.717, 1.165) is 37.6 Å². The number of aromatic nitrogens is 3. The molecule has 0 aliphatic carbocycles. The Morgan fingerprint density at radius 2 is 2.17 bits per heavy atom. The van der Waals surface area contributed by atoms with Crippen LogP contribution in [0.4, 0.5) is 0 Å². The zero-order chi connectivity index (χ0) is 16.5. The molecule has 0 saturated carbocycles. The fraction of sp³-hybridized carbons (Fsp3) is 0.889. The summed E-state index contributed by atoms with van der Waals surface area (Å²) in [6.07, 6.45) is 7.35. The van der Waals surface area contributed by atoms with Gasteiger partial charge in [-0.1, -0.05) is 0 Å². The number of ether oxygens (including phenoxy) is 1. The molecule has 0 bridgehead atoms. The second-order valence-corrected chi connectivity index (χ2v) is 8.15. The van der Waals surface area contributed by atoms with E-state index in [1.165, 1.54) is 38.9 Å². The van der Waals surface area contributed by atoms with Crippen molar-refractivity contribution in [2.45, 2.75) is 57.8 Å². The first kappa shape index (κ1) is 16.5. The Balaban J connectivity index is 1.40. The summed E-state index contributed by atoms with van der Waals surface area (Å²) in [5.41, 5.74) is 0. The van der Waals surface area contributed by atoms with Gasteiger partial charge < -0.3 is 9.64 Å². The maximum absolute atomic E-state index is 5.56. The number of hydrogen-bond acceptors (Lipinski definition) is 5. The lowest BCUT2D eigenvalue weighted by molar-refractivity contribution is 0.0667. The summed E-state index contributed by atoms with van der Waals surface area (Å²) in [6, 6.07) is 1.94. The molecule has 4 heterocycles. The van der Waals surface area contributed by atoms with E-state index in [9.17, 15) is 0 Å². The quantitative estimate of drug-likeness (QED) is 0.817. The van der Waals surface area contributed by atoms with Gasteiger partial charge in [0.2, 0.25) is 0 Å². The van der Waals surface area contributed by atoms with E-state index in [1.807, 2.05) is 11.0 Å². The number of hydrogen-bond donors (Lipinski definition) is 0. The molecule has 0 aromatic carbocycles. The topological polar surface area (TPSA) is 46.4 Å². The second-order valence-electron chi connectivity index (χ2n) is 8.15. The maximum atomic E-state index is 5.56. The Morgan fingerprint density at radius 3 is 2.88 bits per heavy atom. The standard InChI is InChI=1S/C18H31N5O/c1-14(2)23-17(10-22-13-19-12-20-22)7-16-9-21(5-3-18(16)23)8-15-4-6-24-11-15/h12-18H,3-11H2,1-2H3/t15-,16+,17-,18-/m0/s1. The molecule has 24 heavy (non-hydrogen) atoms. The summed E-state index contributed by atoms with van der Waals surface area (Å²) in [5, 5.41) is 4.33. The molecule has 0 N–H and O–H groups in total. The van der Waals surface area contributed by atoms with Gasteiger partial charge in [-0.3, -0.25) is 9.58 Å². The van der Waals surface area contributed by atoms with Crippen LogP contribution >= 0.6 is 0 Å². The molecular formula is C18H31N5O. The third kappa shape index (κ3) is 3.37. The Morgan fingerprint density at radius 1 is 1.25 bits per heavy atom. The predicted octanol–water partition coefficient (Wildman–Crippen LogP) is 1.49. The summed E-state index contributed by atoms with van der Waals surface area (Å²) in [4.78, 5) is 9.58. The summed E-state index contributed by atoms with van der Waals surface area (Å²) in [5.74, 6) is 1.56. The molecular weight excluding hydrogens is 302 g/mol. The molecule has 0 spiro atoms. The van der Waals surface area contributed by atoms with Gasteiger partial charge in [0.1, 0.15) is 12.7 Å². The molecule has 0 amide bonds. The van der Waals surface area contributed by atoms with Gasteiger partial charge in [-0.15, -0.1) is 0 Å². The maximum Gasteiger partial charge on any atom is 0.137 e. The zero-order valence-electron chi connectivity index (χ0n) is 15.0. The van der Waals surface area contributed by atoms with Crippen molar-refractivity contribution in [1.29, 1.82) is 0 Å². The van der Waals surface area contributed by atoms with Crippen molar-refractivity contribution in [3.8, 4) is 0 Å². The normalized spacial score (nSPS) is 35.0. The molecule has 3 saturated heterocycles. The Kier molecular flexibility index (Phi) is 4.88. The first-order chi connectivity index (χ1) is 11.7. The van der Waals surface area contributed by atoms with Crippen molar-refractivity contribution in [3.63, 3.8) is 0 Å². The van der Waals surface area contributed by atoms with E-state index < -0.39 is 0 Å². The van der Waals surface area contributed by atoms with Crippen LogP contribution in [0, 0.1) is 11.8 Å². The highest BCUT2D eigenvalue weighted by Crippen LogP contribution is 2.38. The smallest absolute Gasteiger partial charge is 0.137 e. The summed E-state index contributed by atoms with van der Waals surface area (Å²) in [7, 11) is 0. The average molecular weight is 333 g/mol. The van der Waals surface area contributed by atoms with Crippen LogP contribution in [0.2, 0.25) is 0 Å². The van der Waals surface area contributed by atoms with Crippen molar-refractivity contribution in [2.75, 3.05) is 32.8 Å². The van der Waals surface area contributed by atoms with E-state index >= 15 is 0 Å². The minimum absolute atomic E-state index is 0.594. The molecule has 0 unspecified atom stereocenters. The van der Waals surface area contributed by atoms with Crippen LogP contribution in [0.5, 0.6) is 0 Å². The lowest BCUT2D eigenvalue weighted by Gasteiger charge is -2.41. The van der Waals surface area contributed by atoms with Crippen LogP contribution < -0.4 is 0 Å². The highest BCUT2D eigenvalue weighted by molar-refractivity contribution is 4.99. The minimum atomic E-state index is 0.594. The molecule has 3 aliphatic heterocycles. The molecule has 6 heteroatoms. The molecule has 0 radical (unpaired) electrons. The van der Waals surface area contributed by atoms with Crippen LogP contribution in [-0.4, -0.2) is 75.5 Å². The van der Waals surface area contributed by atoms with Gasteiger partial charge in [0.05, 0.1) is 13.2 Å². The molecule has 4 rings (SSSR count). The van der Waals surface area contributed by atoms with Crippen molar-refractivity contribution in [2.24, 2.45) is 11.8 Å². The van der Waals surface area contributed by atoms with Crippen molar-refractivity contribution < 1.29 is 4.74 Å².